The van der Waals surface area contributed by atoms with E-state index >= 15 is 0 Å². The highest BCUT2D eigenvalue weighted by atomic mass is 35.5. The summed E-state index contributed by atoms with van der Waals surface area (Å²) >= 11 is 5.59. The Bertz CT molecular complexity index is 393. The molecule has 3 N–H and O–H groups in total. The number of rotatable bonds is 3. The summed E-state index contributed by atoms with van der Waals surface area (Å²) in [5, 5.41) is 12.3. The third kappa shape index (κ3) is 2.68. The van der Waals surface area contributed by atoms with Crippen molar-refractivity contribution in [2.45, 2.75) is 0 Å². The molecule has 0 bridgehead atoms. The van der Waals surface area contributed by atoms with Crippen LogP contribution in [0.5, 0.6) is 0 Å². The number of nitriles is 1. The molecule has 0 unspecified atom stereocenters. The van der Waals surface area contributed by atoms with Gasteiger partial charge in [0.25, 0.3) is 0 Å². The van der Waals surface area contributed by atoms with Crippen LogP contribution in [0.2, 0.25) is 0 Å². The van der Waals surface area contributed by atoms with E-state index in [-0.39, 0.29) is 0 Å². The van der Waals surface area contributed by atoms with E-state index < -0.39 is 0 Å². The Hall–Kier alpha value is -1.66. The molecule has 0 fully saturated rings. The van der Waals surface area contributed by atoms with Gasteiger partial charge in [-0.2, -0.15) is 5.26 Å². The first-order valence-electron chi connectivity index (χ1n) is 4.00. The van der Waals surface area contributed by atoms with E-state index in [9.17, 15) is 0 Å². The van der Waals surface area contributed by atoms with Gasteiger partial charge in [-0.15, -0.1) is 0 Å². The summed E-state index contributed by atoms with van der Waals surface area (Å²) in [5.41, 5.74) is 7.32. The van der Waals surface area contributed by atoms with Gasteiger partial charge in [-0.1, -0.05) is 18.2 Å². The number of hydrogen-bond donors (Lipinski definition) is 2. The molecule has 0 spiro atoms. The van der Waals surface area contributed by atoms with Gasteiger partial charge in [0.2, 0.25) is 0 Å². The molecule has 0 aliphatic carbocycles. The molecule has 0 aromatic heterocycles. The number of nitrogens with two attached hydrogens (primary N) is 1. The molecule has 0 aliphatic rings. The number of halogens is 1. The van der Waals surface area contributed by atoms with Gasteiger partial charge in [0.15, 0.2) is 0 Å². The molecule has 1 aromatic rings. The normalized spacial score (nSPS) is 9.14. The van der Waals surface area contributed by atoms with Crippen molar-refractivity contribution >= 4 is 23.0 Å². The van der Waals surface area contributed by atoms with Crippen molar-refractivity contribution in [1.82, 2.24) is 0 Å². The Morgan fingerprint density at radius 3 is 2.93 bits per heavy atom. The van der Waals surface area contributed by atoms with E-state index in [1.54, 1.807) is 18.2 Å². The molecule has 1 aromatic carbocycles. The maximum Gasteiger partial charge on any atom is 0.101 e. The van der Waals surface area contributed by atoms with Crippen LogP contribution in [0.1, 0.15) is 5.56 Å². The van der Waals surface area contributed by atoms with Crippen molar-refractivity contribution in [3.8, 4) is 6.07 Å². The number of benzene rings is 1. The average Bonchev–Trinajstić information content (AvgIpc) is 2.15. The zero-order chi connectivity index (χ0) is 10.6. The molecule has 4 heteroatoms. The molecule has 1 rings (SSSR count). The van der Waals surface area contributed by atoms with Crippen LogP contribution in [0.3, 0.4) is 0 Å². The van der Waals surface area contributed by atoms with Crippen molar-refractivity contribution in [2.75, 3.05) is 17.6 Å². The first-order chi connectivity index (χ1) is 6.63. The summed E-state index contributed by atoms with van der Waals surface area (Å²) in [6, 6.07) is 7.12. The van der Waals surface area contributed by atoms with Crippen LogP contribution in [-0.4, -0.2) is 6.54 Å². The maximum absolute atomic E-state index is 8.81. The summed E-state index contributed by atoms with van der Waals surface area (Å²) in [6.07, 6.45) is 0. The lowest BCUT2D eigenvalue weighted by Crippen LogP contribution is -2.03. The number of nitrogens with one attached hydrogen (secondary N) is 1. The molecular weight excluding hydrogens is 198 g/mol. The van der Waals surface area contributed by atoms with Crippen LogP contribution in [0.4, 0.5) is 11.4 Å². The van der Waals surface area contributed by atoms with Crippen molar-refractivity contribution in [3.63, 3.8) is 0 Å². The van der Waals surface area contributed by atoms with Crippen LogP contribution in [-0.2, 0) is 0 Å². The van der Waals surface area contributed by atoms with Gasteiger partial charge >= 0.3 is 0 Å². The first-order valence-corrected chi connectivity index (χ1v) is 4.38. The second kappa shape index (κ2) is 4.54. The topological polar surface area (TPSA) is 61.8 Å². The second-order valence-electron chi connectivity index (χ2n) is 2.79. The fraction of sp³-hybridized carbons (Fsp3) is 0.100. The van der Waals surface area contributed by atoms with Crippen LogP contribution in [0.25, 0.3) is 0 Å². The summed E-state index contributed by atoms with van der Waals surface area (Å²) < 4.78 is 0. The number of nitrogens with zero attached hydrogens (tertiary/aromatic N) is 1. The molecule has 0 amide bonds. The van der Waals surface area contributed by atoms with Crippen molar-refractivity contribution < 1.29 is 0 Å². The molecule has 72 valence electrons. The van der Waals surface area contributed by atoms with Crippen LogP contribution < -0.4 is 11.1 Å². The van der Waals surface area contributed by atoms with E-state index in [4.69, 9.17) is 22.6 Å². The zero-order valence-corrected chi connectivity index (χ0v) is 8.30. The highest BCUT2D eigenvalue weighted by molar-refractivity contribution is 6.29. The Morgan fingerprint density at radius 1 is 1.64 bits per heavy atom. The van der Waals surface area contributed by atoms with Crippen LogP contribution >= 0.6 is 11.6 Å². The minimum atomic E-state index is 0.431. The summed E-state index contributed by atoms with van der Waals surface area (Å²) in [7, 11) is 0. The van der Waals surface area contributed by atoms with E-state index in [1.807, 2.05) is 6.07 Å². The molecule has 0 atom stereocenters. The fourth-order valence-electron chi connectivity index (χ4n) is 1.000. The highest BCUT2D eigenvalue weighted by Crippen LogP contribution is 2.18. The Kier molecular flexibility index (Phi) is 3.38. The molecule has 0 saturated carbocycles. The zero-order valence-electron chi connectivity index (χ0n) is 7.55. The summed E-state index contributed by atoms with van der Waals surface area (Å²) in [4.78, 5) is 0. The van der Waals surface area contributed by atoms with Crippen molar-refractivity contribution in [1.29, 1.82) is 5.26 Å². The highest BCUT2D eigenvalue weighted by Gasteiger charge is 2.01. The third-order valence-electron chi connectivity index (χ3n) is 1.63. The lowest BCUT2D eigenvalue weighted by atomic mass is 10.1. The maximum atomic E-state index is 8.81. The predicted octanol–water partition coefficient (Wildman–Crippen LogP) is 2.30. The van der Waals surface area contributed by atoms with Crippen molar-refractivity contribution in [3.05, 3.63) is 35.4 Å². The minimum absolute atomic E-state index is 0.431. The first kappa shape index (κ1) is 10.4. The molecule has 3 nitrogen and oxygen atoms in total. The quantitative estimate of drug-likeness (QED) is 0.748. The van der Waals surface area contributed by atoms with Crippen LogP contribution in [0, 0.1) is 11.3 Å². The molecule has 0 heterocycles. The summed E-state index contributed by atoms with van der Waals surface area (Å²) in [5.74, 6) is 0. The minimum Gasteiger partial charge on any atom is -0.399 e. The third-order valence-corrected chi connectivity index (χ3v) is 1.77. The smallest absolute Gasteiger partial charge is 0.101 e. The van der Waals surface area contributed by atoms with Gasteiger partial charge in [-0.25, -0.2) is 0 Å². The van der Waals surface area contributed by atoms with Crippen LogP contribution in [0.15, 0.2) is 29.8 Å². The molecular formula is C10H10ClN3. The van der Waals surface area contributed by atoms with Gasteiger partial charge in [-0.3, -0.25) is 0 Å². The van der Waals surface area contributed by atoms with Gasteiger partial charge in [0, 0.05) is 10.7 Å². The predicted molar refractivity (Wildman–Crippen MR) is 59.1 cm³/mol. The Balaban J connectivity index is 2.87. The van der Waals surface area contributed by atoms with E-state index in [0.29, 0.717) is 28.5 Å². The Morgan fingerprint density at radius 2 is 2.36 bits per heavy atom. The molecule has 14 heavy (non-hydrogen) atoms. The fourth-order valence-corrected chi connectivity index (χ4v) is 1.07. The van der Waals surface area contributed by atoms with E-state index in [2.05, 4.69) is 11.9 Å². The number of hydrogen-bond acceptors (Lipinski definition) is 3. The average molecular weight is 208 g/mol. The van der Waals surface area contributed by atoms with E-state index in [1.165, 1.54) is 0 Å². The SMILES string of the molecule is C=C(Cl)CNc1ccc(N)cc1C#N. The number of anilines is 2. The number of nitrogen functional groups attached to an aromatic ring is 1. The largest absolute Gasteiger partial charge is 0.399 e. The second-order valence-corrected chi connectivity index (χ2v) is 3.32. The van der Waals surface area contributed by atoms with Gasteiger partial charge in [-0.05, 0) is 18.2 Å². The van der Waals surface area contributed by atoms with Crippen molar-refractivity contribution in [2.24, 2.45) is 0 Å². The standard InChI is InChI=1S/C10H10ClN3/c1-7(11)6-14-10-3-2-9(13)4-8(10)5-12/h2-4,14H,1,6,13H2. The molecule has 0 aliphatic heterocycles. The molecule has 0 radical (unpaired) electrons. The van der Waals surface area contributed by atoms with Gasteiger partial charge in [0.05, 0.1) is 17.8 Å². The van der Waals surface area contributed by atoms with Gasteiger partial charge < -0.3 is 11.1 Å². The monoisotopic (exact) mass is 207 g/mol. The summed E-state index contributed by atoms with van der Waals surface area (Å²) in [6.45, 7) is 3.97. The molecule has 0 saturated heterocycles. The van der Waals surface area contributed by atoms with Gasteiger partial charge in [0.1, 0.15) is 6.07 Å². The Labute approximate surface area is 87.8 Å². The lowest BCUT2D eigenvalue weighted by Gasteiger charge is -2.07. The van der Waals surface area contributed by atoms with E-state index in [0.717, 1.165) is 0 Å². The lowest BCUT2D eigenvalue weighted by molar-refractivity contribution is 1.30.